The summed E-state index contributed by atoms with van der Waals surface area (Å²) in [5.74, 6) is 0.829. The van der Waals surface area contributed by atoms with Gasteiger partial charge in [0.15, 0.2) is 0 Å². The summed E-state index contributed by atoms with van der Waals surface area (Å²) >= 11 is 6.02. The first kappa shape index (κ1) is 13.9. The second-order valence-corrected chi connectivity index (χ2v) is 5.00. The zero-order chi connectivity index (χ0) is 14.0. The average molecular weight is 280 g/mol. The first-order chi connectivity index (χ1) is 9.02. The van der Waals surface area contributed by atoms with Crippen LogP contribution in [0.1, 0.15) is 29.8 Å². The van der Waals surface area contributed by atoms with Crippen LogP contribution in [-0.4, -0.2) is 16.9 Å². The van der Waals surface area contributed by atoms with Gasteiger partial charge >= 0.3 is 0 Å². The molecule has 1 atom stereocenters. The monoisotopic (exact) mass is 279 g/mol. The number of methoxy groups -OCH3 is 1. The van der Waals surface area contributed by atoms with Crippen LogP contribution in [0.5, 0.6) is 5.75 Å². The van der Waals surface area contributed by atoms with Gasteiger partial charge in [0, 0.05) is 11.6 Å². The highest BCUT2D eigenvalue weighted by Crippen LogP contribution is 2.24. The standard InChI is InChI=1S/C14H18ClN3O/c1-9(16)11-4-5-14(19-3)12(6-11)8-18-10(2)13(15)7-17-18/h4-7,9H,8,16H2,1-3H3. The van der Waals surface area contributed by atoms with Gasteiger partial charge in [-0.2, -0.15) is 5.10 Å². The van der Waals surface area contributed by atoms with Crippen LogP contribution in [0.4, 0.5) is 0 Å². The smallest absolute Gasteiger partial charge is 0.123 e. The van der Waals surface area contributed by atoms with Crippen molar-refractivity contribution in [2.75, 3.05) is 7.11 Å². The highest BCUT2D eigenvalue weighted by atomic mass is 35.5. The number of nitrogens with zero attached hydrogens (tertiary/aromatic N) is 2. The van der Waals surface area contributed by atoms with Gasteiger partial charge in [0.05, 0.1) is 30.6 Å². The summed E-state index contributed by atoms with van der Waals surface area (Å²) in [6.07, 6.45) is 1.65. The Morgan fingerprint density at radius 1 is 1.47 bits per heavy atom. The minimum absolute atomic E-state index is 0.00744. The van der Waals surface area contributed by atoms with Crippen molar-refractivity contribution in [1.29, 1.82) is 0 Å². The minimum Gasteiger partial charge on any atom is -0.496 e. The second kappa shape index (κ2) is 5.63. The summed E-state index contributed by atoms with van der Waals surface area (Å²) < 4.78 is 7.24. The van der Waals surface area contributed by atoms with Crippen molar-refractivity contribution < 1.29 is 4.74 Å². The van der Waals surface area contributed by atoms with E-state index in [9.17, 15) is 0 Å². The lowest BCUT2D eigenvalue weighted by Crippen LogP contribution is -2.09. The molecule has 0 saturated carbocycles. The molecule has 1 aromatic heterocycles. The van der Waals surface area contributed by atoms with E-state index in [2.05, 4.69) is 11.2 Å². The van der Waals surface area contributed by atoms with Crippen LogP contribution in [0, 0.1) is 6.92 Å². The number of rotatable bonds is 4. The number of benzene rings is 1. The van der Waals surface area contributed by atoms with Crippen LogP contribution in [-0.2, 0) is 6.54 Å². The van der Waals surface area contributed by atoms with Gasteiger partial charge in [0.1, 0.15) is 5.75 Å². The molecule has 19 heavy (non-hydrogen) atoms. The molecule has 0 radical (unpaired) electrons. The third-order valence-electron chi connectivity index (χ3n) is 3.19. The minimum atomic E-state index is -0.00744. The summed E-state index contributed by atoms with van der Waals surface area (Å²) in [6, 6.07) is 5.97. The van der Waals surface area contributed by atoms with Gasteiger partial charge in [0.2, 0.25) is 0 Å². The molecule has 2 rings (SSSR count). The summed E-state index contributed by atoms with van der Waals surface area (Å²) in [4.78, 5) is 0. The molecule has 0 aliphatic heterocycles. The largest absolute Gasteiger partial charge is 0.496 e. The first-order valence-electron chi connectivity index (χ1n) is 6.13. The van der Waals surface area contributed by atoms with E-state index >= 15 is 0 Å². The maximum atomic E-state index is 6.02. The van der Waals surface area contributed by atoms with Crippen LogP contribution in [0.3, 0.4) is 0 Å². The average Bonchev–Trinajstić information content (AvgIpc) is 2.70. The second-order valence-electron chi connectivity index (χ2n) is 4.60. The van der Waals surface area contributed by atoms with Crippen LogP contribution in [0.25, 0.3) is 0 Å². The SMILES string of the molecule is COc1ccc(C(C)N)cc1Cn1ncc(Cl)c1C. The van der Waals surface area contributed by atoms with Crippen LogP contribution < -0.4 is 10.5 Å². The zero-order valence-corrected chi connectivity index (χ0v) is 12.1. The van der Waals surface area contributed by atoms with E-state index in [-0.39, 0.29) is 6.04 Å². The van der Waals surface area contributed by atoms with Gasteiger partial charge in [0.25, 0.3) is 0 Å². The fourth-order valence-corrected chi connectivity index (χ4v) is 2.09. The molecule has 0 bridgehead atoms. The number of aromatic nitrogens is 2. The van der Waals surface area contributed by atoms with Crippen molar-refractivity contribution in [2.45, 2.75) is 26.4 Å². The number of nitrogens with two attached hydrogens (primary N) is 1. The molecule has 2 N–H and O–H groups in total. The molecule has 5 heteroatoms. The van der Waals surface area contributed by atoms with E-state index in [4.69, 9.17) is 22.1 Å². The molecule has 0 aliphatic carbocycles. The molecule has 0 aliphatic rings. The predicted molar refractivity (Wildman–Crippen MR) is 76.7 cm³/mol. The molecule has 1 unspecified atom stereocenters. The van der Waals surface area contributed by atoms with Gasteiger partial charge in [-0.25, -0.2) is 0 Å². The van der Waals surface area contributed by atoms with E-state index in [0.29, 0.717) is 11.6 Å². The molecule has 0 fully saturated rings. The molecular weight excluding hydrogens is 262 g/mol. The van der Waals surface area contributed by atoms with Gasteiger partial charge < -0.3 is 10.5 Å². The van der Waals surface area contributed by atoms with Crippen molar-refractivity contribution in [3.05, 3.63) is 46.2 Å². The van der Waals surface area contributed by atoms with E-state index < -0.39 is 0 Å². The highest BCUT2D eigenvalue weighted by Gasteiger charge is 2.10. The van der Waals surface area contributed by atoms with Crippen LogP contribution in [0.2, 0.25) is 5.02 Å². The summed E-state index contributed by atoms with van der Waals surface area (Å²) in [5, 5.41) is 4.93. The lowest BCUT2D eigenvalue weighted by Gasteiger charge is -2.13. The molecular formula is C14H18ClN3O. The normalized spacial score (nSPS) is 12.5. The Balaban J connectivity index is 2.37. The van der Waals surface area contributed by atoms with E-state index in [1.165, 1.54) is 0 Å². The topological polar surface area (TPSA) is 53.1 Å². The van der Waals surface area contributed by atoms with Crippen molar-refractivity contribution in [1.82, 2.24) is 9.78 Å². The highest BCUT2D eigenvalue weighted by molar-refractivity contribution is 6.31. The molecule has 1 heterocycles. The molecule has 4 nitrogen and oxygen atoms in total. The van der Waals surface area contributed by atoms with Gasteiger partial charge in [-0.05, 0) is 31.5 Å². The Hall–Kier alpha value is -1.52. The Kier molecular flexibility index (Phi) is 4.12. The Morgan fingerprint density at radius 2 is 2.21 bits per heavy atom. The number of hydrogen-bond donors (Lipinski definition) is 1. The van der Waals surface area contributed by atoms with Gasteiger partial charge in [-0.3, -0.25) is 4.68 Å². The van der Waals surface area contributed by atoms with Crippen molar-refractivity contribution in [3.63, 3.8) is 0 Å². The predicted octanol–water partition coefficient (Wildman–Crippen LogP) is 2.92. The maximum absolute atomic E-state index is 6.02. The Morgan fingerprint density at radius 3 is 2.74 bits per heavy atom. The van der Waals surface area contributed by atoms with Gasteiger partial charge in [-0.1, -0.05) is 17.7 Å². The molecule has 1 aromatic carbocycles. The Bertz CT molecular complexity index is 578. The molecule has 102 valence electrons. The summed E-state index contributed by atoms with van der Waals surface area (Å²) in [7, 11) is 1.66. The summed E-state index contributed by atoms with van der Waals surface area (Å²) in [6.45, 7) is 4.52. The number of halogens is 1. The molecule has 2 aromatic rings. The van der Waals surface area contributed by atoms with Crippen molar-refractivity contribution in [3.8, 4) is 5.75 Å². The fourth-order valence-electron chi connectivity index (χ4n) is 1.95. The van der Waals surface area contributed by atoms with Crippen LogP contribution >= 0.6 is 11.6 Å². The number of hydrogen-bond acceptors (Lipinski definition) is 3. The molecule has 0 spiro atoms. The van der Waals surface area contributed by atoms with Gasteiger partial charge in [-0.15, -0.1) is 0 Å². The summed E-state index contributed by atoms with van der Waals surface area (Å²) in [5.41, 5.74) is 8.97. The van der Waals surface area contributed by atoms with Crippen molar-refractivity contribution in [2.24, 2.45) is 5.73 Å². The zero-order valence-electron chi connectivity index (χ0n) is 11.4. The van der Waals surface area contributed by atoms with Crippen LogP contribution in [0.15, 0.2) is 24.4 Å². The lowest BCUT2D eigenvalue weighted by atomic mass is 10.0. The fraction of sp³-hybridized carbons (Fsp3) is 0.357. The van der Waals surface area contributed by atoms with E-state index in [0.717, 1.165) is 22.6 Å². The third kappa shape index (κ3) is 2.91. The molecule has 0 saturated heterocycles. The van der Waals surface area contributed by atoms with Crippen molar-refractivity contribution >= 4 is 11.6 Å². The van der Waals surface area contributed by atoms with E-state index in [1.54, 1.807) is 13.3 Å². The first-order valence-corrected chi connectivity index (χ1v) is 6.51. The Labute approximate surface area is 118 Å². The quantitative estimate of drug-likeness (QED) is 0.936. The number of ether oxygens (including phenoxy) is 1. The third-order valence-corrected chi connectivity index (χ3v) is 3.56. The van der Waals surface area contributed by atoms with E-state index in [1.807, 2.05) is 30.7 Å². The molecule has 0 amide bonds. The lowest BCUT2D eigenvalue weighted by molar-refractivity contribution is 0.407. The maximum Gasteiger partial charge on any atom is 0.123 e.